The van der Waals surface area contributed by atoms with E-state index in [-0.39, 0.29) is 23.0 Å². The highest BCUT2D eigenvalue weighted by molar-refractivity contribution is 5.82. The molecule has 2 aliphatic rings. The number of hydrogen-bond acceptors (Lipinski definition) is 3. The van der Waals surface area contributed by atoms with Crippen LogP contribution in [0, 0.1) is 5.92 Å². The number of halogens is 3. The molecule has 27 heavy (non-hydrogen) atoms. The number of aliphatic hydroxyl groups is 1. The van der Waals surface area contributed by atoms with Crippen molar-refractivity contribution in [1.29, 1.82) is 0 Å². The summed E-state index contributed by atoms with van der Waals surface area (Å²) in [5.41, 5.74) is 3.41. The molecule has 4 nitrogen and oxygen atoms in total. The minimum atomic E-state index is -4.84. The summed E-state index contributed by atoms with van der Waals surface area (Å²) in [6.45, 7) is 1.06. The molecule has 3 N–H and O–H groups in total. The Bertz CT molecular complexity index is 904. The Hall–Kier alpha value is -2.54. The first-order valence-corrected chi connectivity index (χ1v) is 8.81. The summed E-state index contributed by atoms with van der Waals surface area (Å²) in [5.74, 6) is -0.544. The molecule has 4 rings (SSSR count). The zero-order chi connectivity index (χ0) is 19.4. The quantitative estimate of drug-likeness (QED) is 0.846. The maximum absolute atomic E-state index is 13.9. The number of fused-ring (bicyclic) bond motifs is 3. The fourth-order valence-electron chi connectivity index (χ4n) is 4.17. The molecule has 1 heterocycles. The summed E-state index contributed by atoms with van der Waals surface area (Å²) in [6.07, 6.45) is -3.71. The summed E-state index contributed by atoms with van der Waals surface area (Å²) < 4.78 is 41.7. The normalized spacial score (nSPS) is 22.4. The van der Waals surface area contributed by atoms with Crippen LogP contribution < -0.4 is 10.6 Å². The molecule has 1 aliphatic heterocycles. The van der Waals surface area contributed by atoms with E-state index < -0.39 is 11.8 Å². The van der Waals surface area contributed by atoms with Gasteiger partial charge in [-0.1, -0.05) is 30.3 Å². The number of carbonyl (C=O) groups excluding carboxylic acids is 1. The van der Waals surface area contributed by atoms with Gasteiger partial charge in [0.05, 0.1) is 0 Å². The average Bonchev–Trinajstić information content (AvgIpc) is 2.92. The molecular weight excluding hydrogens is 357 g/mol. The van der Waals surface area contributed by atoms with Gasteiger partial charge in [0.1, 0.15) is 0 Å². The van der Waals surface area contributed by atoms with Crippen molar-refractivity contribution in [2.75, 3.05) is 18.0 Å². The third kappa shape index (κ3) is 2.60. The lowest BCUT2D eigenvalue weighted by molar-refractivity contribution is -0.246. The molecule has 7 heteroatoms. The maximum Gasteiger partial charge on any atom is 0.425 e. The number of nitrogens with zero attached hydrogens (tertiary/aromatic N) is 1. The van der Waals surface area contributed by atoms with E-state index in [1.165, 1.54) is 18.2 Å². The highest BCUT2D eigenvalue weighted by Gasteiger charge is 2.60. The Balaban J connectivity index is 1.75. The van der Waals surface area contributed by atoms with Crippen molar-refractivity contribution in [3.8, 4) is 11.1 Å². The van der Waals surface area contributed by atoms with Gasteiger partial charge in [-0.25, -0.2) is 0 Å². The monoisotopic (exact) mass is 376 g/mol. The molecule has 0 bridgehead atoms. The Kier molecular flexibility index (Phi) is 3.96. The van der Waals surface area contributed by atoms with E-state index in [9.17, 15) is 23.1 Å². The van der Waals surface area contributed by atoms with Crippen molar-refractivity contribution in [3.63, 3.8) is 0 Å². The molecule has 1 aliphatic carbocycles. The van der Waals surface area contributed by atoms with Gasteiger partial charge in [-0.05, 0) is 36.1 Å². The number of primary amides is 1. The van der Waals surface area contributed by atoms with E-state index in [4.69, 9.17) is 5.73 Å². The summed E-state index contributed by atoms with van der Waals surface area (Å²) in [7, 11) is 0. The summed E-state index contributed by atoms with van der Waals surface area (Å²) in [6, 6.07) is 10.9. The van der Waals surface area contributed by atoms with Gasteiger partial charge < -0.3 is 15.7 Å². The van der Waals surface area contributed by atoms with Crippen LogP contribution in [0.4, 0.5) is 18.9 Å². The van der Waals surface area contributed by atoms with E-state index in [0.29, 0.717) is 42.7 Å². The summed E-state index contributed by atoms with van der Waals surface area (Å²) >= 11 is 0. The third-order valence-corrected chi connectivity index (χ3v) is 5.67. The predicted octanol–water partition coefficient (Wildman–Crippen LogP) is 3.17. The molecule has 2 aromatic carbocycles. The van der Waals surface area contributed by atoms with Crippen molar-refractivity contribution in [2.45, 2.75) is 24.6 Å². The molecule has 0 aromatic heterocycles. The van der Waals surface area contributed by atoms with Crippen molar-refractivity contribution >= 4 is 11.6 Å². The number of nitrogens with two attached hydrogens (primary N) is 1. The first kappa shape index (κ1) is 17.9. The minimum absolute atomic E-state index is 0.142. The standard InChI is InChI=1S/C20H19F3N2O2/c21-20(22,23)19(27)16-4-2-1-3-14(16)15-6-5-13(11-17(15)19)25-9-7-12(8-10-25)18(24)26/h1-6,11-12,27H,7-10H2,(H2,24,26). The minimum Gasteiger partial charge on any atom is -0.372 e. The predicted molar refractivity (Wildman–Crippen MR) is 95.1 cm³/mol. The summed E-state index contributed by atoms with van der Waals surface area (Å²) in [4.78, 5) is 13.2. The topological polar surface area (TPSA) is 66.6 Å². The molecule has 1 fully saturated rings. The number of anilines is 1. The lowest BCUT2D eigenvalue weighted by atomic mass is 9.90. The number of rotatable bonds is 2. The molecule has 0 radical (unpaired) electrons. The number of piperidine rings is 1. The zero-order valence-electron chi connectivity index (χ0n) is 14.5. The number of amides is 1. The van der Waals surface area contributed by atoms with Crippen LogP contribution in [0.5, 0.6) is 0 Å². The lowest BCUT2D eigenvalue weighted by Crippen LogP contribution is -2.42. The van der Waals surface area contributed by atoms with Crippen LogP contribution in [0.15, 0.2) is 42.5 Å². The van der Waals surface area contributed by atoms with Gasteiger partial charge in [0.25, 0.3) is 0 Å². The zero-order valence-corrected chi connectivity index (χ0v) is 14.5. The second-order valence-electron chi connectivity index (χ2n) is 7.15. The van der Waals surface area contributed by atoms with Crippen molar-refractivity contribution in [2.24, 2.45) is 11.7 Å². The number of hydrogen-bond donors (Lipinski definition) is 2. The van der Waals surface area contributed by atoms with Crippen LogP contribution in [0.25, 0.3) is 11.1 Å². The highest BCUT2D eigenvalue weighted by Crippen LogP contribution is 2.55. The highest BCUT2D eigenvalue weighted by atomic mass is 19.4. The van der Waals surface area contributed by atoms with E-state index in [1.807, 2.05) is 4.90 Å². The smallest absolute Gasteiger partial charge is 0.372 e. The van der Waals surface area contributed by atoms with Gasteiger partial charge in [0.15, 0.2) is 0 Å². The first-order chi connectivity index (χ1) is 12.7. The van der Waals surface area contributed by atoms with Crippen LogP contribution in [0.1, 0.15) is 24.0 Å². The van der Waals surface area contributed by atoms with Gasteiger partial charge in [0.2, 0.25) is 11.5 Å². The van der Waals surface area contributed by atoms with E-state index in [1.54, 1.807) is 24.3 Å². The Morgan fingerprint density at radius 1 is 1.07 bits per heavy atom. The first-order valence-electron chi connectivity index (χ1n) is 8.81. The summed E-state index contributed by atoms with van der Waals surface area (Å²) in [5, 5.41) is 10.8. The molecule has 1 unspecified atom stereocenters. The Morgan fingerprint density at radius 2 is 1.70 bits per heavy atom. The van der Waals surface area contributed by atoms with E-state index in [2.05, 4.69) is 0 Å². The van der Waals surface area contributed by atoms with Crippen LogP contribution in [-0.2, 0) is 10.4 Å². The molecule has 0 saturated carbocycles. The number of carbonyl (C=O) groups is 1. The van der Waals surface area contributed by atoms with Crippen LogP contribution in [-0.4, -0.2) is 30.3 Å². The van der Waals surface area contributed by atoms with E-state index >= 15 is 0 Å². The Labute approximate surface area is 154 Å². The molecule has 2 aromatic rings. The Morgan fingerprint density at radius 3 is 2.33 bits per heavy atom. The molecule has 0 spiro atoms. The second-order valence-corrected chi connectivity index (χ2v) is 7.15. The third-order valence-electron chi connectivity index (χ3n) is 5.67. The SMILES string of the molecule is NC(=O)C1CCN(c2ccc3c(c2)C(O)(C(F)(F)F)c2ccccc2-3)CC1. The van der Waals surface area contributed by atoms with Gasteiger partial charge >= 0.3 is 6.18 Å². The van der Waals surface area contributed by atoms with Crippen LogP contribution in [0.2, 0.25) is 0 Å². The molecule has 1 amide bonds. The number of alkyl halides is 3. The van der Waals surface area contributed by atoms with E-state index in [0.717, 1.165) is 0 Å². The molecular formula is C20H19F3N2O2. The maximum atomic E-state index is 13.9. The molecule has 1 saturated heterocycles. The van der Waals surface area contributed by atoms with Crippen LogP contribution in [0.3, 0.4) is 0 Å². The fourth-order valence-corrected chi connectivity index (χ4v) is 4.17. The largest absolute Gasteiger partial charge is 0.425 e. The van der Waals surface area contributed by atoms with Crippen molar-refractivity contribution in [1.82, 2.24) is 0 Å². The average molecular weight is 376 g/mol. The fraction of sp³-hybridized carbons (Fsp3) is 0.350. The van der Waals surface area contributed by atoms with Crippen molar-refractivity contribution < 1.29 is 23.1 Å². The molecule has 142 valence electrons. The lowest BCUT2D eigenvalue weighted by Gasteiger charge is -2.34. The van der Waals surface area contributed by atoms with Crippen LogP contribution >= 0.6 is 0 Å². The number of benzene rings is 2. The van der Waals surface area contributed by atoms with Crippen molar-refractivity contribution in [3.05, 3.63) is 53.6 Å². The molecule has 1 atom stereocenters. The van der Waals surface area contributed by atoms with Gasteiger partial charge in [-0.2, -0.15) is 13.2 Å². The second kappa shape index (κ2) is 5.99. The van der Waals surface area contributed by atoms with Gasteiger partial charge in [-0.15, -0.1) is 0 Å². The van der Waals surface area contributed by atoms with Gasteiger partial charge in [-0.3, -0.25) is 4.79 Å². The van der Waals surface area contributed by atoms with Gasteiger partial charge in [0, 0.05) is 35.8 Å².